The fourth-order valence-corrected chi connectivity index (χ4v) is 1.27. The highest BCUT2D eigenvalue weighted by Crippen LogP contribution is 2.18. The Morgan fingerprint density at radius 2 is 1.86 bits per heavy atom. The van der Waals surface area contributed by atoms with Crippen molar-refractivity contribution in [3.05, 3.63) is 0 Å². The van der Waals surface area contributed by atoms with E-state index in [4.69, 9.17) is 0 Å². The number of carbonyl (C=O) groups is 3. The maximum Gasteiger partial charge on any atom is 0.318 e. The lowest BCUT2D eigenvalue weighted by atomic mass is 10.3. The Bertz CT molecular complexity index is 282. The normalized spacial score (nSPS) is 21.9. The van der Waals surface area contributed by atoms with Gasteiger partial charge in [0, 0.05) is 6.04 Å². The molecule has 2 aliphatic rings. The van der Waals surface area contributed by atoms with Crippen molar-refractivity contribution < 1.29 is 14.4 Å². The van der Waals surface area contributed by atoms with E-state index >= 15 is 0 Å². The number of imide groups is 1. The van der Waals surface area contributed by atoms with E-state index in [1.165, 1.54) is 4.90 Å². The van der Waals surface area contributed by atoms with Crippen LogP contribution in [0.3, 0.4) is 0 Å². The molecule has 0 atom stereocenters. The predicted molar refractivity (Wildman–Crippen MR) is 46.3 cm³/mol. The van der Waals surface area contributed by atoms with Crippen LogP contribution in [0.2, 0.25) is 0 Å². The van der Waals surface area contributed by atoms with Crippen molar-refractivity contribution in [1.82, 2.24) is 15.5 Å². The molecule has 1 aliphatic carbocycles. The Labute approximate surface area is 80.6 Å². The van der Waals surface area contributed by atoms with Crippen LogP contribution >= 0.6 is 0 Å². The van der Waals surface area contributed by atoms with Gasteiger partial charge in [0.1, 0.15) is 13.1 Å². The average Bonchev–Trinajstić information content (AvgIpc) is 2.86. The molecule has 0 aromatic carbocycles. The van der Waals surface area contributed by atoms with Crippen LogP contribution in [0.4, 0.5) is 4.79 Å². The summed E-state index contributed by atoms with van der Waals surface area (Å²) in [4.78, 5) is 34.5. The zero-order valence-electron chi connectivity index (χ0n) is 7.58. The van der Waals surface area contributed by atoms with Crippen molar-refractivity contribution >= 4 is 17.8 Å². The largest absolute Gasteiger partial charge is 0.335 e. The first kappa shape index (κ1) is 8.98. The first-order chi connectivity index (χ1) is 6.65. The summed E-state index contributed by atoms with van der Waals surface area (Å²) < 4.78 is 0. The summed E-state index contributed by atoms with van der Waals surface area (Å²) in [5, 5.41) is 4.85. The number of nitrogens with one attached hydrogen (secondary N) is 2. The van der Waals surface area contributed by atoms with Crippen LogP contribution in [0.15, 0.2) is 0 Å². The van der Waals surface area contributed by atoms with Gasteiger partial charge in [-0.25, -0.2) is 4.79 Å². The monoisotopic (exact) mass is 197 g/mol. The first-order valence-corrected chi connectivity index (χ1v) is 4.53. The molecule has 2 fully saturated rings. The molecule has 6 nitrogen and oxygen atoms in total. The Balaban J connectivity index is 1.91. The van der Waals surface area contributed by atoms with E-state index in [-0.39, 0.29) is 25.2 Å². The molecule has 0 bridgehead atoms. The number of rotatable bonds is 1. The van der Waals surface area contributed by atoms with Crippen LogP contribution in [0.5, 0.6) is 0 Å². The van der Waals surface area contributed by atoms with Crippen molar-refractivity contribution in [3.63, 3.8) is 0 Å². The summed E-state index contributed by atoms with van der Waals surface area (Å²) in [6.45, 7) is -0.0748. The van der Waals surface area contributed by atoms with E-state index in [2.05, 4.69) is 10.6 Å². The molecule has 14 heavy (non-hydrogen) atoms. The minimum atomic E-state index is -0.424. The molecular formula is C8H11N3O3. The summed E-state index contributed by atoms with van der Waals surface area (Å²) in [7, 11) is 0. The number of amides is 4. The number of nitrogens with zero attached hydrogens (tertiary/aromatic N) is 1. The molecule has 76 valence electrons. The third-order valence-corrected chi connectivity index (χ3v) is 2.14. The fraction of sp³-hybridized carbons (Fsp3) is 0.625. The van der Waals surface area contributed by atoms with E-state index < -0.39 is 11.8 Å². The van der Waals surface area contributed by atoms with Crippen molar-refractivity contribution in [2.45, 2.75) is 18.9 Å². The number of hydrogen-bond donors (Lipinski definition) is 2. The molecule has 0 aromatic heterocycles. The maximum atomic E-state index is 11.4. The Morgan fingerprint density at radius 3 is 2.36 bits per heavy atom. The van der Waals surface area contributed by atoms with Gasteiger partial charge < -0.3 is 10.2 Å². The Morgan fingerprint density at radius 1 is 1.29 bits per heavy atom. The van der Waals surface area contributed by atoms with Crippen LogP contribution in [-0.4, -0.2) is 41.9 Å². The minimum Gasteiger partial charge on any atom is -0.335 e. The molecule has 1 aliphatic heterocycles. The predicted octanol–water partition coefficient (Wildman–Crippen LogP) is -1.18. The SMILES string of the molecule is O=C1CN(C(=O)NC2CC2)CC(=O)N1. The lowest BCUT2D eigenvalue weighted by Crippen LogP contribution is -2.56. The van der Waals surface area contributed by atoms with Crippen molar-refractivity contribution in [1.29, 1.82) is 0 Å². The van der Waals surface area contributed by atoms with Gasteiger partial charge in [0.2, 0.25) is 11.8 Å². The lowest BCUT2D eigenvalue weighted by molar-refractivity contribution is -0.134. The lowest BCUT2D eigenvalue weighted by Gasteiger charge is -2.25. The third-order valence-electron chi connectivity index (χ3n) is 2.14. The number of urea groups is 1. The van der Waals surface area contributed by atoms with Gasteiger partial charge in [-0.3, -0.25) is 14.9 Å². The van der Waals surface area contributed by atoms with Crippen LogP contribution in [0, 0.1) is 0 Å². The standard InChI is InChI=1S/C8H11N3O3/c12-6-3-11(4-7(13)10-6)8(14)9-5-1-2-5/h5H,1-4H2,(H,9,14)(H,10,12,13). The molecule has 0 spiro atoms. The molecule has 4 amide bonds. The Kier molecular flexibility index (Phi) is 2.11. The van der Waals surface area contributed by atoms with Gasteiger partial charge in [-0.1, -0.05) is 0 Å². The topological polar surface area (TPSA) is 78.5 Å². The minimum absolute atomic E-state index is 0.0374. The van der Waals surface area contributed by atoms with E-state index in [0.717, 1.165) is 12.8 Å². The second kappa shape index (κ2) is 3.28. The van der Waals surface area contributed by atoms with Gasteiger partial charge in [0.25, 0.3) is 0 Å². The van der Waals surface area contributed by atoms with E-state index in [0.29, 0.717) is 0 Å². The van der Waals surface area contributed by atoms with Crippen molar-refractivity contribution in [2.24, 2.45) is 0 Å². The number of piperazine rings is 1. The molecule has 1 saturated carbocycles. The molecule has 2 rings (SSSR count). The second-order valence-electron chi connectivity index (χ2n) is 3.55. The van der Waals surface area contributed by atoms with E-state index in [9.17, 15) is 14.4 Å². The highest BCUT2D eigenvalue weighted by atomic mass is 16.2. The Hall–Kier alpha value is -1.59. The van der Waals surface area contributed by atoms with Crippen molar-refractivity contribution in [3.8, 4) is 0 Å². The zero-order chi connectivity index (χ0) is 10.1. The van der Waals surface area contributed by atoms with Gasteiger partial charge in [0.05, 0.1) is 0 Å². The van der Waals surface area contributed by atoms with Gasteiger partial charge in [-0.2, -0.15) is 0 Å². The smallest absolute Gasteiger partial charge is 0.318 e. The van der Waals surface area contributed by atoms with Crippen LogP contribution < -0.4 is 10.6 Å². The van der Waals surface area contributed by atoms with Crippen LogP contribution in [-0.2, 0) is 9.59 Å². The molecule has 0 aromatic rings. The zero-order valence-corrected chi connectivity index (χ0v) is 7.58. The molecule has 2 N–H and O–H groups in total. The summed E-state index contributed by atoms with van der Waals surface area (Å²) >= 11 is 0. The first-order valence-electron chi connectivity index (χ1n) is 4.53. The number of hydrogen-bond acceptors (Lipinski definition) is 3. The molecule has 6 heteroatoms. The molecule has 1 heterocycles. The molecule has 0 radical (unpaired) electrons. The third kappa shape index (κ3) is 2.01. The molecule has 1 saturated heterocycles. The summed E-state index contributed by atoms with van der Waals surface area (Å²) in [5.74, 6) is -0.848. The average molecular weight is 197 g/mol. The second-order valence-corrected chi connectivity index (χ2v) is 3.55. The van der Waals surface area contributed by atoms with Gasteiger partial charge >= 0.3 is 6.03 Å². The van der Waals surface area contributed by atoms with E-state index in [1.54, 1.807) is 0 Å². The fourth-order valence-electron chi connectivity index (χ4n) is 1.27. The summed E-state index contributed by atoms with van der Waals surface area (Å²) in [5.41, 5.74) is 0. The van der Waals surface area contributed by atoms with Crippen LogP contribution in [0.1, 0.15) is 12.8 Å². The van der Waals surface area contributed by atoms with Gasteiger partial charge in [0.15, 0.2) is 0 Å². The molecular weight excluding hydrogens is 186 g/mol. The van der Waals surface area contributed by atoms with E-state index in [1.807, 2.05) is 0 Å². The summed E-state index contributed by atoms with van der Waals surface area (Å²) in [6, 6.07) is -0.0849. The quantitative estimate of drug-likeness (QED) is 0.519. The van der Waals surface area contributed by atoms with Gasteiger partial charge in [-0.05, 0) is 12.8 Å². The number of carbonyl (C=O) groups excluding carboxylic acids is 3. The maximum absolute atomic E-state index is 11.4. The highest BCUT2D eigenvalue weighted by molar-refractivity contribution is 6.02. The van der Waals surface area contributed by atoms with Gasteiger partial charge in [-0.15, -0.1) is 0 Å². The summed E-state index contributed by atoms with van der Waals surface area (Å²) in [6.07, 6.45) is 1.97. The highest BCUT2D eigenvalue weighted by Gasteiger charge is 2.30. The van der Waals surface area contributed by atoms with Crippen LogP contribution in [0.25, 0.3) is 0 Å². The molecule has 0 unspecified atom stereocenters. The van der Waals surface area contributed by atoms with Crippen molar-refractivity contribution in [2.75, 3.05) is 13.1 Å².